The van der Waals surface area contributed by atoms with Crippen LogP contribution in [0.4, 0.5) is 5.82 Å². The number of rotatable bonds is 6. The predicted octanol–water partition coefficient (Wildman–Crippen LogP) is 0.604. The molecule has 2 aromatic rings. The number of nitrogens with zero attached hydrogens (tertiary/aromatic N) is 3. The third-order valence-corrected chi connectivity index (χ3v) is 2.48. The van der Waals surface area contributed by atoms with Crippen LogP contribution in [-0.2, 0) is 6.42 Å². The minimum absolute atomic E-state index is 0.227. The molecule has 0 saturated heterocycles. The van der Waals surface area contributed by atoms with E-state index in [1.54, 1.807) is 18.7 Å². The summed E-state index contributed by atoms with van der Waals surface area (Å²) in [4.78, 5) is 26.8. The van der Waals surface area contributed by atoms with E-state index < -0.39 is 0 Å². The van der Waals surface area contributed by atoms with Gasteiger partial charge in [-0.1, -0.05) is 0 Å². The lowest BCUT2D eigenvalue weighted by Crippen LogP contribution is -2.26. The van der Waals surface area contributed by atoms with Crippen molar-refractivity contribution < 1.29 is 4.79 Å². The molecular weight excluding hydrogens is 244 g/mol. The number of imidazole rings is 1. The highest BCUT2D eigenvalue weighted by Crippen LogP contribution is 2.00. The SMILES string of the molecule is CCNc1cnc(C(=O)NCCc2cnc[nH]2)cn1. The minimum Gasteiger partial charge on any atom is -0.369 e. The van der Waals surface area contributed by atoms with Crippen LogP contribution in [0.3, 0.4) is 0 Å². The maximum atomic E-state index is 11.8. The van der Waals surface area contributed by atoms with Gasteiger partial charge in [-0.15, -0.1) is 0 Å². The summed E-state index contributed by atoms with van der Waals surface area (Å²) < 4.78 is 0. The molecule has 0 bridgehead atoms. The van der Waals surface area contributed by atoms with Crippen LogP contribution >= 0.6 is 0 Å². The Hall–Kier alpha value is -2.44. The van der Waals surface area contributed by atoms with Crippen molar-refractivity contribution in [3.05, 3.63) is 36.3 Å². The third-order valence-electron chi connectivity index (χ3n) is 2.48. The maximum absolute atomic E-state index is 11.8. The Labute approximate surface area is 110 Å². The number of H-pyrrole nitrogens is 1. The average Bonchev–Trinajstić information content (AvgIpc) is 2.93. The summed E-state index contributed by atoms with van der Waals surface area (Å²) in [6.07, 6.45) is 7.06. The molecule has 0 unspecified atom stereocenters. The predicted molar refractivity (Wildman–Crippen MR) is 70.8 cm³/mol. The normalized spacial score (nSPS) is 10.2. The second-order valence-electron chi connectivity index (χ2n) is 3.90. The Bertz CT molecular complexity index is 508. The fourth-order valence-electron chi connectivity index (χ4n) is 1.54. The second-order valence-corrected chi connectivity index (χ2v) is 3.90. The van der Waals surface area contributed by atoms with Crippen molar-refractivity contribution in [1.29, 1.82) is 0 Å². The van der Waals surface area contributed by atoms with Crippen molar-refractivity contribution in [2.75, 3.05) is 18.4 Å². The lowest BCUT2D eigenvalue weighted by atomic mass is 10.3. The molecule has 0 aliphatic rings. The van der Waals surface area contributed by atoms with E-state index >= 15 is 0 Å². The number of hydrogen-bond donors (Lipinski definition) is 3. The van der Waals surface area contributed by atoms with Gasteiger partial charge in [-0.05, 0) is 6.92 Å². The number of hydrogen-bond acceptors (Lipinski definition) is 5. The van der Waals surface area contributed by atoms with Crippen molar-refractivity contribution in [2.45, 2.75) is 13.3 Å². The van der Waals surface area contributed by atoms with Gasteiger partial charge < -0.3 is 15.6 Å². The molecular formula is C12H16N6O. The zero-order valence-electron chi connectivity index (χ0n) is 10.7. The van der Waals surface area contributed by atoms with Gasteiger partial charge in [0.25, 0.3) is 5.91 Å². The molecule has 2 aromatic heterocycles. The Balaban J connectivity index is 1.82. The number of carbonyl (C=O) groups excluding carboxylic acids is 1. The van der Waals surface area contributed by atoms with Gasteiger partial charge in [0.15, 0.2) is 0 Å². The van der Waals surface area contributed by atoms with Gasteiger partial charge in [0.1, 0.15) is 11.5 Å². The summed E-state index contributed by atoms with van der Waals surface area (Å²) in [5.74, 6) is 0.437. The van der Waals surface area contributed by atoms with Crippen molar-refractivity contribution in [3.8, 4) is 0 Å². The smallest absolute Gasteiger partial charge is 0.271 e. The maximum Gasteiger partial charge on any atom is 0.271 e. The molecule has 0 fully saturated rings. The molecule has 0 saturated carbocycles. The van der Waals surface area contributed by atoms with E-state index in [0.29, 0.717) is 24.5 Å². The van der Waals surface area contributed by atoms with Gasteiger partial charge in [-0.2, -0.15) is 0 Å². The third kappa shape index (κ3) is 3.77. The molecule has 0 radical (unpaired) electrons. The van der Waals surface area contributed by atoms with Gasteiger partial charge in [0.2, 0.25) is 0 Å². The van der Waals surface area contributed by atoms with Crippen LogP contribution < -0.4 is 10.6 Å². The first-order valence-corrected chi connectivity index (χ1v) is 6.11. The molecule has 3 N–H and O–H groups in total. The Kier molecular flexibility index (Phi) is 4.44. The zero-order chi connectivity index (χ0) is 13.5. The van der Waals surface area contributed by atoms with E-state index in [2.05, 4.69) is 30.6 Å². The fraction of sp³-hybridized carbons (Fsp3) is 0.333. The van der Waals surface area contributed by atoms with Crippen LogP contribution in [0.2, 0.25) is 0 Å². The van der Waals surface area contributed by atoms with Crippen LogP contribution in [0.1, 0.15) is 23.1 Å². The fourth-order valence-corrected chi connectivity index (χ4v) is 1.54. The molecule has 2 rings (SSSR count). The number of anilines is 1. The summed E-state index contributed by atoms with van der Waals surface area (Å²) in [5.41, 5.74) is 1.29. The van der Waals surface area contributed by atoms with E-state index in [1.165, 1.54) is 6.20 Å². The first kappa shape index (κ1) is 13.0. The molecule has 7 heteroatoms. The summed E-state index contributed by atoms with van der Waals surface area (Å²) in [6.45, 7) is 3.26. The zero-order valence-corrected chi connectivity index (χ0v) is 10.7. The van der Waals surface area contributed by atoms with E-state index in [9.17, 15) is 4.79 Å². The highest BCUT2D eigenvalue weighted by molar-refractivity contribution is 5.91. The molecule has 0 aliphatic heterocycles. The van der Waals surface area contributed by atoms with Gasteiger partial charge >= 0.3 is 0 Å². The lowest BCUT2D eigenvalue weighted by Gasteiger charge is -2.05. The van der Waals surface area contributed by atoms with Gasteiger partial charge in [-0.25, -0.2) is 15.0 Å². The van der Waals surface area contributed by atoms with Crippen molar-refractivity contribution >= 4 is 11.7 Å². The average molecular weight is 260 g/mol. The largest absolute Gasteiger partial charge is 0.369 e. The number of aromatic amines is 1. The van der Waals surface area contributed by atoms with Crippen LogP contribution in [0.25, 0.3) is 0 Å². The van der Waals surface area contributed by atoms with Crippen LogP contribution in [-0.4, -0.2) is 38.9 Å². The molecule has 100 valence electrons. The molecule has 2 heterocycles. The summed E-state index contributed by atoms with van der Waals surface area (Å²) in [5, 5.41) is 5.80. The number of amides is 1. The van der Waals surface area contributed by atoms with E-state index in [1.807, 2.05) is 6.92 Å². The lowest BCUT2D eigenvalue weighted by molar-refractivity contribution is 0.0948. The molecule has 0 aromatic carbocycles. The van der Waals surface area contributed by atoms with Crippen molar-refractivity contribution in [2.24, 2.45) is 0 Å². The standard InChI is InChI=1S/C12H16N6O/c1-2-14-11-7-16-10(6-17-11)12(19)15-4-3-9-5-13-8-18-9/h5-8H,2-4H2,1H3,(H,13,18)(H,14,17)(H,15,19). The van der Waals surface area contributed by atoms with Crippen molar-refractivity contribution in [1.82, 2.24) is 25.3 Å². The monoisotopic (exact) mass is 260 g/mol. The Morgan fingerprint density at radius 3 is 2.84 bits per heavy atom. The molecule has 0 atom stereocenters. The molecule has 19 heavy (non-hydrogen) atoms. The highest BCUT2D eigenvalue weighted by Gasteiger charge is 2.07. The Morgan fingerprint density at radius 1 is 1.32 bits per heavy atom. The molecule has 7 nitrogen and oxygen atoms in total. The number of carbonyl (C=O) groups is 1. The Morgan fingerprint density at radius 2 is 2.21 bits per heavy atom. The van der Waals surface area contributed by atoms with E-state index in [-0.39, 0.29) is 5.91 Å². The molecule has 1 amide bonds. The molecule has 0 spiro atoms. The van der Waals surface area contributed by atoms with E-state index in [0.717, 1.165) is 12.2 Å². The number of nitrogens with one attached hydrogen (secondary N) is 3. The van der Waals surface area contributed by atoms with Gasteiger partial charge in [-0.3, -0.25) is 4.79 Å². The van der Waals surface area contributed by atoms with E-state index in [4.69, 9.17) is 0 Å². The van der Waals surface area contributed by atoms with Crippen LogP contribution in [0.15, 0.2) is 24.9 Å². The quantitative estimate of drug-likeness (QED) is 0.707. The highest BCUT2D eigenvalue weighted by atomic mass is 16.1. The molecule has 0 aliphatic carbocycles. The van der Waals surface area contributed by atoms with Crippen LogP contribution in [0, 0.1) is 0 Å². The van der Waals surface area contributed by atoms with Gasteiger partial charge in [0.05, 0.1) is 18.7 Å². The van der Waals surface area contributed by atoms with Crippen LogP contribution in [0.5, 0.6) is 0 Å². The first-order valence-electron chi connectivity index (χ1n) is 6.11. The topological polar surface area (TPSA) is 95.6 Å². The summed E-state index contributed by atoms with van der Waals surface area (Å²) in [6, 6.07) is 0. The second kappa shape index (κ2) is 6.48. The first-order chi connectivity index (χ1) is 9.29. The minimum atomic E-state index is -0.227. The summed E-state index contributed by atoms with van der Waals surface area (Å²) in [7, 11) is 0. The summed E-state index contributed by atoms with van der Waals surface area (Å²) >= 11 is 0. The van der Waals surface area contributed by atoms with Gasteiger partial charge in [0, 0.05) is 31.4 Å². The number of aromatic nitrogens is 4. The van der Waals surface area contributed by atoms with Crippen molar-refractivity contribution in [3.63, 3.8) is 0 Å².